The van der Waals surface area contributed by atoms with Gasteiger partial charge >= 0.3 is 23.9 Å². The Labute approximate surface area is 162 Å². The highest BCUT2D eigenvalue weighted by molar-refractivity contribution is 5.29. The molecule has 1 nitrogen and oxygen atoms in total. The molecule has 1 aliphatic carbocycles. The Morgan fingerprint density at radius 2 is 1.31 bits per heavy atom. The van der Waals surface area contributed by atoms with Crippen molar-refractivity contribution in [3.63, 3.8) is 0 Å². The van der Waals surface area contributed by atoms with E-state index in [-0.39, 0.29) is 18.8 Å². The average Bonchev–Trinajstić information content (AvgIpc) is 2.65. The Bertz CT molecular complexity index is 659. The van der Waals surface area contributed by atoms with Crippen molar-refractivity contribution >= 4 is 0 Å². The molecular weight excluding hydrogens is 415 g/mol. The predicted molar refractivity (Wildman–Crippen MR) is 87.8 cm³/mol. The van der Waals surface area contributed by atoms with Crippen LogP contribution < -0.4 is 4.74 Å². The SMILES string of the molecule is CCCOc1ccc([C@H]2CC[C@H](C(F)(F)C(F)(F)C(F)(F)C(F)(F)F)CC2)cc1. The molecule has 1 aromatic rings. The number of hydrogen-bond donors (Lipinski definition) is 0. The van der Waals surface area contributed by atoms with Crippen LogP contribution in [0.3, 0.4) is 0 Å². The normalized spacial score (nSPS) is 21.9. The van der Waals surface area contributed by atoms with Gasteiger partial charge in [0, 0.05) is 5.92 Å². The van der Waals surface area contributed by atoms with Crippen LogP contribution in [-0.4, -0.2) is 30.6 Å². The molecule has 2 rings (SSSR count). The van der Waals surface area contributed by atoms with E-state index in [1.165, 1.54) is 0 Å². The zero-order valence-corrected chi connectivity index (χ0v) is 15.5. The lowest BCUT2D eigenvalue weighted by Gasteiger charge is -2.40. The highest BCUT2D eigenvalue weighted by atomic mass is 19.4. The van der Waals surface area contributed by atoms with Gasteiger partial charge in [0.15, 0.2) is 0 Å². The fourth-order valence-corrected chi connectivity index (χ4v) is 3.49. The lowest BCUT2D eigenvalue weighted by atomic mass is 9.74. The zero-order valence-electron chi connectivity index (χ0n) is 15.5. The number of halogens is 9. The van der Waals surface area contributed by atoms with Crippen molar-refractivity contribution in [2.24, 2.45) is 5.92 Å². The fourth-order valence-electron chi connectivity index (χ4n) is 3.49. The van der Waals surface area contributed by atoms with Crippen LogP contribution in [0.4, 0.5) is 39.5 Å². The summed E-state index contributed by atoms with van der Waals surface area (Å²) in [6.45, 7) is 2.44. The summed E-state index contributed by atoms with van der Waals surface area (Å²) < 4.78 is 124. The molecule has 1 fully saturated rings. The van der Waals surface area contributed by atoms with Gasteiger partial charge in [-0.15, -0.1) is 0 Å². The first-order valence-corrected chi connectivity index (χ1v) is 9.18. The minimum atomic E-state index is -6.82. The van der Waals surface area contributed by atoms with Gasteiger partial charge in [-0.05, 0) is 55.7 Å². The van der Waals surface area contributed by atoms with Crippen molar-refractivity contribution in [1.29, 1.82) is 0 Å². The molecule has 0 aliphatic heterocycles. The summed E-state index contributed by atoms with van der Waals surface area (Å²) in [4.78, 5) is 0. The van der Waals surface area contributed by atoms with Gasteiger partial charge in [0.05, 0.1) is 6.61 Å². The van der Waals surface area contributed by atoms with Crippen LogP contribution in [0.2, 0.25) is 0 Å². The van der Waals surface area contributed by atoms with E-state index in [2.05, 4.69) is 0 Å². The number of benzene rings is 1. The molecule has 0 atom stereocenters. The number of hydrogen-bond acceptors (Lipinski definition) is 1. The minimum Gasteiger partial charge on any atom is -0.494 e. The van der Waals surface area contributed by atoms with Crippen molar-refractivity contribution in [2.45, 2.75) is 68.9 Å². The highest BCUT2D eigenvalue weighted by Gasteiger charge is 2.82. The maximum absolute atomic E-state index is 14.1. The van der Waals surface area contributed by atoms with Crippen LogP contribution in [0.15, 0.2) is 24.3 Å². The molecule has 1 aromatic carbocycles. The third kappa shape index (κ3) is 4.45. The third-order valence-corrected chi connectivity index (χ3v) is 5.23. The van der Waals surface area contributed by atoms with Gasteiger partial charge in [0.25, 0.3) is 0 Å². The van der Waals surface area contributed by atoms with Crippen LogP contribution in [0.5, 0.6) is 5.75 Å². The third-order valence-electron chi connectivity index (χ3n) is 5.23. The van der Waals surface area contributed by atoms with E-state index in [1.54, 1.807) is 24.3 Å². The van der Waals surface area contributed by atoms with E-state index in [9.17, 15) is 39.5 Å². The van der Waals surface area contributed by atoms with Gasteiger partial charge in [0.2, 0.25) is 0 Å². The molecule has 0 N–H and O–H groups in total. The topological polar surface area (TPSA) is 9.23 Å². The zero-order chi connectivity index (χ0) is 22.1. The molecule has 0 aromatic heterocycles. The molecule has 166 valence electrons. The van der Waals surface area contributed by atoms with Crippen LogP contribution in [0.1, 0.15) is 50.5 Å². The quantitative estimate of drug-likeness (QED) is 0.410. The minimum absolute atomic E-state index is 0.0247. The molecule has 0 radical (unpaired) electrons. The first-order valence-electron chi connectivity index (χ1n) is 9.18. The van der Waals surface area contributed by atoms with E-state index < -0.39 is 42.7 Å². The second-order valence-corrected chi connectivity index (χ2v) is 7.24. The molecule has 29 heavy (non-hydrogen) atoms. The Kier molecular flexibility index (Phi) is 6.74. The molecule has 0 saturated heterocycles. The Balaban J connectivity index is 2.07. The summed E-state index contributed by atoms with van der Waals surface area (Å²) in [5.74, 6) is -20.8. The van der Waals surface area contributed by atoms with E-state index in [4.69, 9.17) is 4.74 Å². The number of alkyl halides is 9. The average molecular weight is 436 g/mol. The van der Waals surface area contributed by atoms with Crippen molar-refractivity contribution in [1.82, 2.24) is 0 Å². The second kappa shape index (κ2) is 8.26. The van der Waals surface area contributed by atoms with Crippen LogP contribution in [-0.2, 0) is 0 Å². The molecular formula is C19H21F9O. The van der Waals surface area contributed by atoms with Crippen LogP contribution in [0, 0.1) is 5.92 Å². The van der Waals surface area contributed by atoms with Crippen molar-refractivity contribution in [2.75, 3.05) is 6.61 Å². The molecule has 0 spiro atoms. The van der Waals surface area contributed by atoms with Gasteiger partial charge in [-0.25, -0.2) is 0 Å². The summed E-state index contributed by atoms with van der Waals surface area (Å²) in [5, 5.41) is 0. The molecule has 0 amide bonds. The predicted octanol–water partition coefficient (Wildman–Crippen LogP) is 7.22. The van der Waals surface area contributed by atoms with Crippen LogP contribution in [0.25, 0.3) is 0 Å². The smallest absolute Gasteiger partial charge is 0.460 e. The molecule has 1 aliphatic rings. The fraction of sp³-hybridized carbons (Fsp3) is 0.684. The van der Waals surface area contributed by atoms with E-state index in [0.29, 0.717) is 12.4 Å². The summed E-state index contributed by atoms with van der Waals surface area (Å²) in [6, 6.07) is 6.73. The maximum atomic E-state index is 14.1. The first-order chi connectivity index (χ1) is 13.3. The van der Waals surface area contributed by atoms with Crippen molar-refractivity contribution in [3.05, 3.63) is 29.8 Å². The number of rotatable bonds is 7. The first kappa shape index (κ1) is 23.7. The van der Waals surface area contributed by atoms with E-state index in [1.807, 2.05) is 6.92 Å². The van der Waals surface area contributed by atoms with E-state index in [0.717, 1.165) is 12.0 Å². The lowest BCUT2D eigenvalue weighted by molar-refractivity contribution is -0.404. The molecule has 0 heterocycles. The Hall–Kier alpha value is -1.61. The summed E-state index contributed by atoms with van der Waals surface area (Å²) >= 11 is 0. The Morgan fingerprint density at radius 3 is 1.76 bits per heavy atom. The maximum Gasteiger partial charge on any atom is 0.460 e. The summed E-state index contributed by atoms with van der Waals surface area (Å²) in [7, 11) is 0. The van der Waals surface area contributed by atoms with Gasteiger partial charge in [-0.3, -0.25) is 0 Å². The van der Waals surface area contributed by atoms with Gasteiger partial charge in [0.1, 0.15) is 5.75 Å². The summed E-state index contributed by atoms with van der Waals surface area (Å²) in [6.07, 6.45) is -7.20. The molecule has 10 heteroatoms. The summed E-state index contributed by atoms with van der Waals surface area (Å²) in [5.41, 5.74) is 0.739. The van der Waals surface area contributed by atoms with Gasteiger partial charge in [-0.2, -0.15) is 39.5 Å². The van der Waals surface area contributed by atoms with Crippen molar-refractivity contribution in [3.8, 4) is 5.75 Å². The van der Waals surface area contributed by atoms with E-state index >= 15 is 0 Å². The molecule has 0 unspecified atom stereocenters. The monoisotopic (exact) mass is 436 g/mol. The molecule has 0 bridgehead atoms. The Morgan fingerprint density at radius 1 is 0.793 bits per heavy atom. The largest absolute Gasteiger partial charge is 0.494 e. The molecule has 1 saturated carbocycles. The lowest BCUT2D eigenvalue weighted by Crippen LogP contribution is -2.63. The van der Waals surface area contributed by atoms with Crippen LogP contribution >= 0.6 is 0 Å². The second-order valence-electron chi connectivity index (χ2n) is 7.24. The number of ether oxygens (including phenoxy) is 1. The highest BCUT2D eigenvalue weighted by Crippen LogP contribution is 2.57. The van der Waals surface area contributed by atoms with Gasteiger partial charge < -0.3 is 4.74 Å². The van der Waals surface area contributed by atoms with Gasteiger partial charge in [-0.1, -0.05) is 19.1 Å². The van der Waals surface area contributed by atoms with Crippen molar-refractivity contribution < 1.29 is 44.3 Å². The standard InChI is InChI=1S/C19H21F9O/c1-2-11-29-15-9-5-13(6-10-15)12-3-7-14(8-4-12)16(20,21)17(22,23)18(24,25)19(26,27)28/h5-6,9-10,12,14H,2-4,7-8,11H2,1H3/t12-,14-.